The molecule has 8 aromatic rings. The van der Waals surface area contributed by atoms with Crippen LogP contribution in [-0.2, 0) is 0 Å². The maximum Gasteiger partial charge on any atom is 0.0462 e. The van der Waals surface area contributed by atoms with Gasteiger partial charge in [0.1, 0.15) is 0 Å². The molecule has 0 radical (unpaired) electrons. The predicted molar refractivity (Wildman–Crippen MR) is 210 cm³/mol. The summed E-state index contributed by atoms with van der Waals surface area (Å²) < 4.78 is 0. The first-order valence-electron chi connectivity index (χ1n) is 16.9. The van der Waals surface area contributed by atoms with E-state index in [1.807, 2.05) is 0 Å². The van der Waals surface area contributed by atoms with Gasteiger partial charge in [-0.1, -0.05) is 145 Å². The van der Waals surface area contributed by atoms with Crippen LogP contribution in [0.5, 0.6) is 0 Å². The number of benzene rings is 8. The summed E-state index contributed by atoms with van der Waals surface area (Å²) in [4.78, 5) is 2.34. The average molecular weight is 628 g/mol. The molecule has 0 N–H and O–H groups in total. The molecule has 0 atom stereocenters. The van der Waals surface area contributed by atoms with Crippen molar-refractivity contribution in [1.29, 1.82) is 0 Å². The van der Waals surface area contributed by atoms with Gasteiger partial charge in [-0.15, -0.1) is 0 Å². The molecular formula is C48H37N. The van der Waals surface area contributed by atoms with E-state index >= 15 is 0 Å². The molecule has 0 aliphatic rings. The Labute approximate surface area is 289 Å². The fourth-order valence-electron chi connectivity index (χ4n) is 6.80. The van der Waals surface area contributed by atoms with Crippen LogP contribution in [0.3, 0.4) is 0 Å². The third-order valence-corrected chi connectivity index (χ3v) is 9.33. The molecule has 0 saturated carbocycles. The first kappa shape index (κ1) is 30.2. The number of aryl methyl sites for hydroxylation is 2. The Morgan fingerprint density at radius 3 is 1.31 bits per heavy atom. The van der Waals surface area contributed by atoms with Crippen LogP contribution in [0.2, 0.25) is 0 Å². The second-order valence-corrected chi connectivity index (χ2v) is 12.9. The Bertz CT molecular complexity index is 2370. The van der Waals surface area contributed by atoms with E-state index in [2.05, 4.69) is 207 Å². The van der Waals surface area contributed by atoms with Gasteiger partial charge in [0.05, 0.1) is 0 Å². The molecule has 0 spiro atoms. The Kier molecular flexibility index (Phi) is 8.09. The van der Waals surface area contributed by atoms with Crippen molar-refractivity contribution in [2.24, 2.45) is 0 Å². The fraction of sp³-hybridized carbons (Fsp3) is 0.0417. The first-order valence-corrected chi connectivity index (χ1v) is 16.9. The van der Waals surface area contributed by atoms with Gasteiger partial charge in [0.2, 0.25) is 0 Å². The molecule has 49 heavy (non-hydrogen) atoms. The van der Waals surface area contributed by atoms with Gasteiger partial charge in [-0.3, -0.25) is 0 Å². The molecule has 0 aromatic heterocycles. The van der Waals surface area contributed by atoms with Crippen LogP contribution in [0.4, 0.5) is 17.1 Å². The predicted octanol–water partition coefficient (Wildman–Crippen LogP) is 13.6. The zero-order valence-electron chi connectivity index (χ0n) is 27.8. The molecule has 0 fully saturated rings. The van der Waals surface area contributed by atoms with Gasteiger partial charge in [0.15, 0.2) is 0 Å². The van der Waals surface area contributed by atoms with E-state index in [1.165, 1.54) is 66.4 Å². The minimum absolute atomic E-state index is 1.11. The van der Waals surface area contributed by atoms with Crippen molar-refractivity contribution in [2.75, 3.05) is 4.90 Å². The maximum absolute atomic E-state index is 2.34. The minimum Gasteiger partial charge on any atom is -0.311 e. The van der Waals surface area contributed by atoms with Gasteiger partial charge in [-0.05, 0) is 123 Å². The topological polar surface area (TPSA) is 3.24 Å². The summed E-state index contributed by atoms with van der Waals surface area (Å²) in [6, 6.07) is 68.2. The molecule has 0 heterocycles. The summed E-state index contributed by atoms with van der Waals surface area (Å²) in [5.74, 6) is 0. The van der Waals surface area contributed by atoms with Crippen molar-refractivity contribution >= 4 is 27.8 Å². The Morgan fingerprint density at radius 1 is 0.265 bits per heavy atom. The third kappa shape index (κ3) is 6.40. The van der Waals surface area contributed by atoms with Gasteiger partial charge >= 0.3 is 0 Å². The molecule has 0 aliphatic heterocycles. The van der Waals surface area contributed by atoms with Crippen LogP contribution in [0, 0.1) is 13.8 Å². The highest BCUT2D eigenvalue weighted by Gasteiger charge is 2.14. The SMILES string of the molecule is Cc1cccc(-c2cc(C)cc(-c3ccc(N(c4ccc(-c5ccccc5)cc4)c4ccc(-c5ccc6ccccc6c5)cc4)cc3)c2)c1. The number of hydrogen-bond acceptors (Lipinski definition) is 1. The maximum atomic E-state index is 2.34. The summed E-state index contributed by atoms with van der Waals surface area (Å²) in [6.07, 6.45) is 0. The van der Waals surface area contributed by atoms with Gasteiger partial charge < -0.3 is 4.90 Å². The lowest BCUT2D eigenvalue weighted by Crippen LogP contribution is -2.09. The standard InChI is InChI=1S/C48H37N/c1-34-9-8-14-41(29-34)45-31-35(2)30-44(33-45)40-21-27-48(28-22-40)49(46-23-17-38(18-24-46)36-10-4-3-5-11-36)47-25-19-39(20-26-47)43-16-15-37-12-6-7-13-42(37)32-43/h3-33H,1-2H3. The van der Waals surface area contributed by atoms with E-state index in [1.54, 1.807) is 0 Å². The average Bonchev–Trinajstić information content (AvgIpc) is 3.16. The van der Waals surface area contributed by atoms with E-state index in [0.717, 1.165) is 17.1 Å². The molecule has 0 saturated heterocycles. The van der Waals surface area contributed by atoms with Crippen LogP contribution in [-0.4, -0.2) is 0 Å². The van der Waals surface area contributed by atoms with Crippen LogP contribution in [0.15, 0.2) is 188 Å². The number of anilines is 3. The zero-order chi connectivity index (χ0) is 33.2. The largest absolute Gasteiger partial charge is 0.311 e. The van der Waals surface area contributed by atoms with Crippen molar-refractivity contribution in [1.82, 2.24) is 0 Å². The van der Waals surface area contributed by atoms with Crippen molar-refractivity contribution in [3.05, 3.63) is 199 Å². The molecular weight excluding hydrogens is 591 g/mol. The molecule has 8 aromatic carbocycles. The molecule has 0 aliphatic carbocycles. The van der Waals surface area contributed by atoms with Gasteiger partial charge in [-0.2, -0.15) is 0 Å². The molecule has 0 unspecified atom stereocenters. The van der Waals surface area contributed by atoms with Crippen molar-refractivity contribution in [3.8, 4) is 44.5 Å². The smallest absolute Gasteiger partial charge is 0.0462 e. The summed E-state index contributed by atoms with van der Waals surface area (Å²) in [5.41, 5.74) is 15.6. The zero-order valence-corrected chi connectivity index (χ0v) is 27.8. The van der Waals surface area contributed by atoms with Crippen LogP contribution in [0.25, 0.3) is 55.3 Å². The number of rotatable bonds is 7. The molecule has 0 amide bonds. The fourth-order valence-corrected chi connectivity index (χ4v) is 6.80. The van der Waals surface area contributed by atoms with Gasteiger partial charge in [0.25, 0.3) is 0 Å². The molecule has 8 rings (SSSR count). The summed E-state index contributed by atoms with van der Waals surface area (Å²) in [7, 11) is 0. The second kappa shape index (κ2) is 13.1. The van der Waals surface area contributed by atoms with Crippen molar-refractivity contribution < 1.29 is 0 Å². The number of nitrogens with zero attached hydrogens (tertiary/aromatic N) is 1. The summed E-state index contributed by atoms with van der Waals surface area (Å²) in [6.45, 7) is 4.33. The van der Waals surface area contributed by atoms with Crippen LogP contribution < -0.4 is 4.90 Å². The molecule has 1 nitrogen and oxygen atoms in total. The lowest BCUT2D eigenvalue weighted by Gasteiger charge is -2.26. The lowest BCUT2D eigenvalue weighted by atomic mass is 9.95. The number of hydrogen-bond donors (Lipinski definition) is 0. The van der Waals surface area contributed by atoms with Crippen molar-refractivity contribution in [3.63, 3.8) is 0 Å². The lowest BCUT2D eigenvalue weighted by molar-refractivity contribution is 1.28. The number of fused-ring (bicyclic) bond motifs is 1. The van der Waals surface area contributed by atoms with E-state index in [-0.39, 0.29) is 0 Å². The monoisotopic (exact) mass is 627 g/mol. The van der Waals surface area contributed by atoms with E-state index in [9.17, 15) is 0 Å². The second-order valence-electron chi connectivity index (χ2n) is 12.9. The Hall–Kier alpha value is -6.18. The van der Waals surface area contributed by atoms with Crippen LogP contribution in [0.1, 0.15) is 11.1 Å². The highest BCUT2D eigenvalue weighted by molar-refractivity contribution is 5.88. The third-order valence-electron chi connectivity index (χ3n) is 9.33. The quantitative estimate of drug-likeness (QED) is 0.170. The van der Waals surface area contributed by atoms with E-state index in [4.69, 9.17) is 0 Å². The van der Waals surface area contributed by atoms with Gasteiger partial charge in [0, 0.05) is 17.1 Å². The first-order chi connectivity index (χ1) is 24.1. The summed E-state index contributed by atoms with van der Waals surface area (Å²) >= 11 is 0. The molecule has 1 heteroatoms. The highest BCUT2D eigenvalue weighted by atomic mass is 15.1. The summed E-state index contributed by atoms with van der Waals surface area (Å²) in [5, 5.41) is 2.51. The molecule has 0 bridgehead atoms. The highest BCUT2D eigenvalue weighted by Crippen LogP contribution is 2.38. The molecule has 234 valence electrons. The van der Waals surface area contributed by atoms with Crippen molar-refractivity contribution in [2.45, 2.75) is 13.8 Å². The van der Waals surface area contributed by atoms with Gasteiger partial charge in [-0.25, -0.2) is 0 Å². The Balaban J connectivity index is 1.16. The normalized spacial score (nSPS) is 11.1. The van der Waals surface area contributed by atoms with E-state index in [0.29, 0.717) is 0 Å². The Morgan fingerprint density at radius 2 is 0.694 bits per heavy atom. The van der Waals surface area contributed by atoms with E-state index < -0.39 is 0 Å². The minimum atomic E-state index is 1.11. The van der Waals surface area contributed by atoms with Crippen LogP contribution >= 0.6 is 0 Å².